The first-order chi connectivity index (χ1) is 12.0. The molecule has 132 valence electrons. The third-order valence-corrected chi connectivity index (χ3v) is 3.79. The highest BCUT2D eigenvalue weighted by Gasteiger charge is 2.12. The lowest BCUT2D eigenvalue weighted by Crippen LogP contribution is -2.28. The molecular formula is C19H20ClNO4. The van der Waals surface area contributed by atoms with Crippen LogP contribution >= 0.6 is 11.6 Å². The zero-order chi connectivity index (χ0) is 18.2. The van der Waals surface area contributed by atoms with Crippen molar-refractivity contribution < 1.29 is 19.1 Å². The number of benzene rings is 2. The molecule has 0 bridgehead atoms. The van der Waals surface area contributed by atoms with E-state index >= 15 is 0 Å². The number of hydrogen-bond acceptors (Lipinski definition) is 4. The Kier molecular flexibility index (Phi) is 6.83. The number of carbonyl (C=O) groups excluding carboxylic acids is 2. The zero-order valence-electron chi connectivity index (χ0n) is 14.2. The summed E-state index contributed by atoms with van der Waals surface area (Å²) in [6, 6.07) is 12.7. The van der Waals surface area contributed by atoms with Gasteiger partial charge in [0.2, 0.25) is 0 Å². The lowest BCUT2D eigenvalue weighted by Gasteiger charge is -2.10. The second-order valence-electron chi connectivity index (χ2n) is 5.56. The minimum Gasteiger partial charge on any atom is -0.496 e. The molecule has 0 aliphatic heterocycles. The van der Waals surface area contributed by atoms with Crippen LogP contribution in [0, 0.1) is 6.92 Å². The van der Waals surface area contributed by atoms with E-state index in [0.717, 1.165) is 16.7 Å². The lowest BCUT2D eigenvalue weighted by atomic mass is 10.1. The molecular weight excluding hydrogens is 342 g/mol. The van der Waals surface area contributed by atoms with Gasteiger partial charge >= 0.3 is 5.97 Å². The largest absolute Gasteiger partial charge is 0.496 e. The van der Waals surface area contributed by atoms with Crippen molar-refractivity contribution in [3.8, 4) is 5.75 Å². The number of ether oxygens (including phenoxy) is 2. The summed E-state index contributed by atoms with van der Waals surface area (Å²) < 4.78 is 10.3. The predicted molar refractivity (Wildman–Crippen MR) is 95.7 cm³/mol. The van der Waals surface area contributed by atoms with E-state index in [9.17, 15) is 9.59 Å². The van der Waals surface area contributed by atoms with E-state index in [2.05, 4.69) is 5.32 Å². The molecule has 25 heavy (non-hydrogen) atoms. The number of halogens is 1. The van der Waals surface area contributed by atoms with Gasteiger partial charge in [-0.2, -0.15) is 0 Å². The molecule has 0 aromatic heterocycles. The Morgan fingerprint density at radius 3 is 2.52 bits per heavy atom. The molecule has 0 spiro atoms. The van der Waals surface area contributed by atoms with E-state index < -0.39 is 5.97 Å². The van der Waals surface area contributed by atoms with Gasteiger partial charge in [0.1, 0.15) is 5.75 Å². The molecule has 6 heteroatoms. The van der Waals surface area contributed by atoms with Gasteiger partial charge in [-0.15, -0.1) is 0 Å². The van der Waals surface area contributed by atoms with Gasteiger partial charge < -0.3 is 14.8 Å². The fourth-order valence-corrected chi connectivity index (χ4v) is 2.38. The number of aryl methyl sites for hydroxylation is 1. The van der Waals surface area contributed by atoms with Crippen molar-refractivity contribution >= 4 is 23.5 Å². The Labute approximate surface area is 151 Å². The minimum atomic E-state index is -0.481. The van der Waals surface area contributed by atoms with E-state index in [-0.39, 0.29) is 18.9 Å². The van der Waals surface area contributed by atoms with E-state index in [4.69, 9.17) is 21.1 Å². The van der Waals surface area contributed by atoms with Crippen molar-refractivity contribution in [2.75, 3.05) is 13.7 Å². The Bertz CT molecular complexity index is 744. The number of amides is 1. The van der Waals surface area contributed by atoms with Crippen molar-refractivity contribution in [1.29, 1.82) is 0 Å². The number of carbonyl (C=O) groups is 2. The maximum absolute atomic E-state index is 11.9. The Balaban J connectivity index is 1.78. The van der Waals surface area contributed by atoms with Crippen molar-refractivity contribution in [2.24, 2.45) is 0 Å². The molecule has 0 atom stereocenters. The van der Waals surface area contributed by atoms with Crippen LogP contribution in [0.1, 0.15) is 16.7 Å². The SMILES string of the molecule is COc1ccc(C)cc1CC(=O)OCC(=O)NCc1ccc(Cl)cc1. The summed E-state index contributed by atoms with van der Waals surface area (Å²) in [5.41, 5.74) is 2.66. The highest BCUT2D eigenvalue weighted by atomic mass is 35.5. The fourth-order valence-electron chi connectivity index (χ4n) is 2.25. The highest BCUT2D eigenvalue weighted by Crippen LogP contribution is 2.20. The molecule has 1 amide bonds. The molecule has 0 aliphatic carbocycles. The Hall–Kier alpha value is -2.53. The van der Waals surface area contributed by atoms with Gasteiger partial charge in [-0.3, -0.25) is 9.59 Å². The van der Waals surface area contributed by atoms with Gasteiger partial charge in [-0.25, -0.2) is 0 Å². The smallest absolute Gasteiger partial charge is 0.310 e. The van der Waals surface area contributed by atoms with Gasteiger partial charge in [0.05, 0.1) is 13.5 Å². The van der Waals surface area contributed by atoms with Gasteiger partial charge in [0.25, 0.3) is 5.91 Å². The van der Waals surface area contributed by atoms with Gasteiger partial charge in [0.15, 0.2) is 6.61 Å². The van der Waals surface area contributed by atoms with Crippen LogP contribution in [0.15, 0.2) is 42.5 Å². The molecule has 0 saturated heterocycles. The first-order valence-corrected chi connectivity index (χ1v) is 8.16. The van der Waals surface area contributed by atoms with Crippen LogP contribution in [0.3, 0.4) is 0 Å². The Morgan fingerprint density at radius 1 is 1.12 bits per heavy atom. The lowest BCUT2D eigenvalue weighted by molar-refractivity contribution is -0.147. The quantitative estimate of drug-likeness (QED) is 0.770. The number of esters is 1. The predicted octanol–water partition coefficient (Wildman–Crippen LogP) is 3.06. The third kappa shape index (κ3) is 6.12. The maximum Gasteiger partial charge on any atom is 0.310 e. The van der Waals surface area contributed by atoms with E-state index in [1.165, 1.54) is 0 Å². The topological polar surface area (TPSA) is 64.6 Å². The molecule has 0 radical (unpaired) electrons. The maximum atomic E-state index is 11.9. The van der Waals surface area contributed by atoms with Crippen LogP contribution in [0.25, 0.3) is 0 Å². The average molecular weight is 362 g/mol. The summed E-state index contributed by atoms with van der Waals surface area (Å²) in [6.45, 7) is 1.96. The molecule has 2 rings (SSSR count). The van der Waals surface area contributed by atoms with Crippen molar-refractivity contribution in [1.82, 2.24) is 5.32 Å². The molecule has 0 heterocycles. The number of methoxy groups -OCH3 is 1. The highest BCUT2D eigenvalue weighted by molar-refractivity contribution is 6.30. The minimum absolute atomic E-state index is 0.0509. The zero-order valence-corrected chi connectivity index (χ0v) is 14.9. The molecule has 0 fully saturated rings. The second-order valence-corrected chi connectivity index (χ2v) is 5.99. The van der Waals surface area contributed by atoms with Crippen molar-refractivity contribution in [3.05, 3.63) is 64.2 Å². The molecule has 0 unspecified atom stereocenters. The van der Waals surface area contributed by atoms with Crippen LogP contribution in [-0.2, 0) is 27.3 Å². The summed E-state index contributed by atoms with van der Waals surface area (Å²) in [5, 5.41) is 3.32. The van der Waals surface area contributed by atoms with Crippen molar-refractivity contribution in [2.45, 2.75) is 19.9 Å². The number of hydrogen-bond donors (Lipinski definition) is 1. The third-order valence-electron chi connectivity index (χ3n) is 3.54. The van der Waals surface area contributed by atoms with Crippen LogP contribution in [0.2, 0.25) is 5.02 Å². The van der Waals surface area contributed by atoms with Crippen LogP contribution in [0.5, 0.6) is 5.75 Å². The van der Waals surface area contributed by atoms with E-state index in [1.54, 1.807) is 25.3 Å². The van der Waals surface area contributed by atoms with Crippen LogP contribution in [-0.4, -0.2) is 25.6 Å². The molecule has 1 N–H and O–H groups in total. The number of rotatable bonds is 7. The van der Waals surface area contributed by atoms with Crippen molar-refractivity contribution in [3.63, 3.8) is 0 Å². The van der Waals surface area contributed by atoms with Gasteiger partial charge in [-0.05, 0) is 30.7 Å². The normalized spacial score (nSPS) is 10.2. The second kappa shape index (κ2) is 9.08. The first kappa shape index (κ1) is 18.8. The summed E-state index contributed by atoms with van der Waals surface area (Å²) in [5.74, 6) is -0.222. The monoisotopic (exact) mass is 361 g/mol. The standard InChI is InChI=1S/C19H20ClNO4/c1-13-3-8-17(24-2)15(9-13)10-19(23)25-12-18(22)21-11-14-4-6-16(20)7-5-14/h3-9H,10-12H2,1-2H3,(H,21,22). The van der Waals surface area contributed by atoms with E-state index in [1.807, 2.05) is 31.2 Å². The average Bonchev–Trinajstić information content (AvgIpc) is 2.59. The fraction of sp³-hybridized carbons (Fsp3) is 0.263. The summed E-state index contributed by atoms with van der Waals surface area (Å²) in [4.78, 5) is 23.7. The molecule has 5 nitrogen and oxygen atoms in total. The summed E-state index contributed by atoms with van der Waals surface area (Å²) in [7, 11) is 1.55. The summed E-state index contributed by atoms with van der Waals surface area (Å²) >= 11 is 5.80. The molecule has 0 saturated carbocycles. The summed E-state index contributed by atoms with van der Waals surface area (Å²) in [6.07, 6.45) is 0.0509. The molecule has 0 aliphatic rings. The Morgan fingerprint density at radius 2 is 1.84 bits per heavy atom. The van der Waals surface area contributed by atoms with Crippen LogP contribution < -0.4 is 10.1 Å². The first-order valence-electron chi connectivity index (χ1n) is 7.78. The number of nitrogens with one attached hydrogen (secondary N) is 1. The van der Waals surface area contributed by atoms with Gasteiger partial charge in [-0.1, -0.05) is 41.4 Å². The molecule has 2 aromatic carbocycles. The van der Waals surface area contributed by atoms with Gasteiger partial charge in [0, 0.05) is 17.1 Å². The molecule has 2 aromatic rings. The van der Waals surface area contributed by atoms with E-state index in [0.29, 0.717) is 17.3 Å². The van der Waals surface area contributed by atoms with Crippen LogP contribution in [0.4, 0.5) is 0 Å².